The Morgan fingerprint density at radius 2 is 1.82 bits per heavy atom. The van der Waals surface area contributed by atoms with Gasteiger partial charge in [-0.1, -0.05) is 43.0 Å². The van der Waals surface area contributed by atoms with Crippen LogP contribution in [0, 0.1) is 0 Å². The third-order valence-corrected chi connectivity index (χ3v) is 6.48. The van der Waals surface area contributed by atoms with Crippen LogP contribution < -0.4 is 14.8 Å². The van der Waals surface area contributed by atoms with Crippen molar-refractivity contribution in [3.8, 4) is 11.5 Å². The molecule has 0 bridgehead atoms. The van der Waals surface area contributed by atoms with Gasteiger partial charge in [-0.15, -0.1) is 0 Å². The summed E-state index contributed by atoms with van der Waals surface area (Å²) in [6, 6.07) is 14.4. The van der Waals surface area contributed by atoms with Crippen molar-refractivity contribution in [3.63, 3.8) is 0 Å². The van der Waals surface area contributed by atoms with E-state index in [1.54, 1.807) is 43.2 Å². The Morgan fingerprint density at radius 3 is 2.53 bits per heavy atom. The van der Waals surface area contributed by atoms with E-state index in [4.69, 9.17) is 21.1 Å². The molecule has 1 aliphatic carbocycles. The van der Waals surface area contributed by atoms with Gasteiger partial charge in [0.25, 0.3) is 0 Å². The highest BCUT2D eigenvalue weighted by Crippen LogP contribution is 2.20. The molecular weight excluding hydrogens is 452 g/mol. The maximum absolute atomic E-state index is 13.2. The summed E-state index contributed by atoms with van der Waals surface area (Å²) in [7, 11) is 1.61. The van der Waals surface area contributed by atoms with Gasteiger partial charge in [-0.2, -0.15) is 0 Å². The smallest absolute Gasteiger partial charge is 0.242 e. The Bertz CT molecular complexity index is 928. The molecule has 184 valence electrons. The number of halogens is 1. The highest BCUT2D eigenvalue weighted by molar-refractivity contribution is 6.30. The highest BCUT2D eigenvalue weighted by atomic mass is 35.5. The molecular formula is C27H35ClN2O4. The zero-order valence-corrected chi connectivity index (χ0v) is 20.9. The van der Waals surface area contributed by atoms with Crippen LogP contribution in [0.5, 0.6) is 11.5 Å². The van der Waals surface area contributed by atoms with E-state index in [0.29, 0.717) is 36.8 Å². The van der Waals surface area contributed by atoms with Gasteiger partial charge in [0.15, 0.2) is 0 Å². The number of amides is 2. The number of carbonyl (C=O) groups is 2. The Hall–Kier alpha value is -2.73. The molecule has 1 N–H and O–H groups in total. The zero-order chi connectivity index (χ0) is 24.3. The molecule has 1 fully saturated rings. The first-order valence-electron chi connectivity index (χ1n) is 12.1. The molecule has 0 aromatic heterocycles. The SMILES string of the molecule is COc1cccc(CN(C(=O)CCCOc2ccc(Cl)cc2)[C@H](C)C(=O)NC2CCCCC2)c1. The Labute approximate surface area is 207 Å². The standard InChI is InChI=1S/C27H35ClN2O4/c1-20(27(32)29-23-9-4-3-5-10-23)30(19-21-8-6-11-25(18-21)33-2)26(31)12-7-17-34-24-15-13-22(28)14-16-24/h6,8,11,13-16,18,20,23H,3-5,7,9-10,12,17,19H2,1-2H3,(H,29,32)/t20-/m1/s1. The van der Waals surface area contributed by atoms with E-state index in [1.165, 1.54) is 6.42 Å². The second-order valence-corrected chi connectivity index (χ2v) is 9.24. The third kappa shape index (κ3) is 7.94. The van der Waals surface area contributed by atoms with Gasteiger partial charge in [0.1, 0.15) is 17.5 Å². The van der Waals surface area contributed by atoms with E-state index in [2.05, 4.69) is 5.32 Å². The first kappa shape index (κ1) is 25.9. The first-order chi connectivity index (χ1) is 16.5. The fraction of sp³-hybridized carbons (Fsp3) is 0.481. The second kappa shape index (κ2) is 13.2. The van der Waals surface area contributed by atoms with Crippen LogP contribution in [0.4, 0.5) is 0 Å². The molecule has 0 spiro atoms. The number of nitrogens with zero attached hydrogens (tertiary/aromatic N) is 1. The molecule has 7 heteroatoms. The van der Waals surface area contributed by atoms with Crippen LogP contribution in [-0.4, -0.2) is 42.5 Å². The molecule has 2 aromatic carbocycles. The maximum Gasteiger partial charge on any atom is 0.242 e. The van der Waals surface area contributed by atoms with Gasteiger partial charge in [0, 0.05) is 24.0 Å². The van der Waals surface area contributed by atoms with Crippen molar-refractivity contribution in [1.82, 2.24) is 10.2 Å². The van der Waals surface area contributed by atoms with Crippen molar-refractivity contribution < 1.29 is 19.1 Å². The van der Waals surface area contributed by atoms with Crippen molar-refractivity contribution in [2.24, 2.45) is 0 Å². The van der Waals surface area contributed by atoms with Crippen LogP contribution >= 0.6 is 11.6 Å². The van der Waals surface area contributed by atoms with E-state index >= 15 is 0 Å². The van der Waals surface area contributed by atoms with E-state index in [9.17, 15) is 9.59 Å². The fourth-order valence-electron chi connectivity index (χ4n) is 4.21. The topological polar surface area (TPSA) is 67.9 Å². The summed E-state index contributed by atoms with van der Waals surface area (Å²) < 4.78 is 11.0. The molecule has 0 unspecified atom stereocenters. The molecule has 34 heavy (non-hydrogen) atoms. The van der Waals surface area contributed by atoms with Crippen LogP contribution in [0.15, 0.2) is 48.5 Å². The molecule has 1 atom stereocenters. The molecule has 2 aromatic rings. The van der Waals surface area contributed by atoms with Crippen LogP contribution in [0.2, 0.25) is 5.02 Å². The monoisotopic (exact) mass is 486 g/mol. The van der Waals surface area contributed by atoms with Gasteiger partial charge in [-0.25, -0.2) is 0 Å². The van der Waals surface area contributed by atoms with E-state index in [-0.39, 0.29) is 17.9 Å². The molecule has 0 radical (unpaired) electrons. The van der Waals surface area contributed by atoms with Crippen molar-refractivity contribution in [3.05, 3.63) is 59.1 Å². The summed E-state index contributed by atoms with van der Waals surface area (Å²) >= 11 is 5.91. The summed E-state index contributed by atoms with van der Waals surface area (Å²) in [4.78, 5) is 27.9. The van der Waals surface area contributed by atoms with E-state index < -0.39 is 6.04 Å². The summed E-state index contributed by atoms with van der Waals surface area (Å²) in [5, 5.41) is 3.81. The molecule has 6 nitrogen and oxygen atoms in total. The Morgan fingerprint density at radius 1 is 1.09 bits per heavy atom. The van der Waals surface area contributed by atoms with Gasteiger partial charge in [-0.05, 0) is 68.1 Å². The second-order valence-electron chi connectivity index (χ2n) is 8.80. The average Bonchev–Trinajstić information content (AvgIpc) is 2.86. The van der Waals surface area contributed by atoms with Crippen molar-refractivity contribution in [2.75, 3.05) is 13.7 Å². The maximum atomic E-state index is 13.2. The Balaban J connectivity index is 1.62. The van der Waals surface area contributed by atoms with Gasteiger partial charge in [0.2, 0.25) is 11.8 Å². The Kier molecular flexibility index (Phi) is 10.1. The number of hydrogen-bond acceptors (Lipinski definition) is 4. The minimum absolute atomic E-state index is 0.0752. The predicted molar refractivity (Wildman–Crippen MR) is 134 cm³/mol. The van der Waals surface area contributed by atoms with E-state index in [0.717, 1.165) is 37.0 Å². The van der Waals surface area contributed by atoms with Crippen LogP contribution in [-0.2, 0) is 16.1 Å². The number of benzene rings is 2. The van der Waals surface area contributed by atoms with E-state index in [1.807, 2.05) is 24.3 Å². The van der Waals surface area contributed by atoms with Crippen LogP contribution in [0.3, 0.4) is 0 Å². The third-order valence-electron chi connectivity index (χ3n) is 6.22. The normalized spacial score (nSPS) is 14.8. The fourth-order valence-corrected chi connectivity index (χ4v) is 4.33. The highest BCUT2D eigenvalue weighted by Gasteiger charge is 2.28. The van der Waals surface area contributed by atoms with Gasteiger partial charge in [-0.3, -0.25) is 9.59 Å². The lowest BCUT2D eigenvalue weighted by Gasteiger charge is -2.31. The summed E-state index contributed by atoms with van der Waals surface area (Å²) in [6.45, 7) is 2.55. The lowest BCUT2D eigenvalue weighted by molar-refractivity contribution is -0.141. The van der Waals surface area contributed by atoms with Gasteiger partial charge < -0.3 is 19.7 Å². The molecule has 1 aliphatic rings. The van der Waals surface area contributed by atoms with Crippen molar-refractivity contribution in [1.29, 1.82) is 0 Å². The van der Waals surface area contributed by atoms with Crippen molar-refractivity contribution >= 4 is 23.4 Å². The lowest BCUT2D eigenvalue weighted by Crippen LogP contribution is -2.50. The summed E-state index contributed by atoms with van der Waals surface area (Å²) in [5.74, 6) is 1.26. The lowest BCUT2D eigenvalue weighted by atomic mass is 9.95. The largest absolute Gasteiger partial charge is 0.497 e. The van der Waals surface area contributed by atoms with Gasteiger partial charge in [0.05, 0.1) is 13.7 Å². The zero-order valence-electron chi connectivity index (χ0n) is 20.1. The number of hydrogen-bond donors (Lipinski definition) is 1. The molecule has 0 aliphatic heterocycles. The first-order valence-corrected chi connectivity index (χ1v) is 12.4. The molecule has 3 rings (SSSR count). The minimum atomic E-state index is -0.571. The summed E-state index contributed by atoms with van der Waals surface area (Å²) in [5.41, 5.74) is 0.919. The average molecular weight is 487 g/mol. The predicted octanol–water partition coefficient (Wildman–Crippen LogP) is 5.37. The number of carbonyl (C=O) groups excluding carboxylic acids is 2. The summed E-state index contributed by atoms with van der Waals surface area (Å²) in [6.07, 6.45) is 6.35. The van der Waals surface area contributed by atoms with Gasteiger partial charge >= 0.3 is 0 Å². The molecule has 0 heterocycles. The number of ether oxygens (including phenoxy) is 2. The molecule has 0 saturated heterocycles. The number of nitrogens with one attached hydrogen (secondary N) is 1. The van der Waals surface area contributed by atoms with Crippen molar-refractivity contribution in [2.45, 2.75) is 70.5 Å². The molecule has 1 saturated carbocycles. The number of rotatable bonds is 11. The van der Waals surface area contributed by atoms with Crippen LogP contribution in [0.1, 0.15) is 57.4 Å². The number of methoxy groups -OCH3 is 1. The molecule has 2 amide bonds. The quantitative estimate of drug-likeness (QED) is 0.433. The minimum Gasteiger partial charge on any atom is -0.497 e. The van der Waals surface area contributed by atoms with Crippen LogP contribution in [0.25, 0.3) is 0 Å².